The molecule has 0 aliphatic carbocycles. The molecule has 0 bridgehead atoms. The molecule has 1 atom stereocenters. The van der Waals surface area contributed by atoms with Crippen LogP contribution in [0, 0.1) is 6.92 Å². The first-order valence-electron chi connectivity index (χ1n) is 7.27. The third-order valence-electron chi connectivity index (χ3n) is 3.42. The molecule has 114 valence electrons. The molecule has 0 fully saturated rings. The van der Waals surface area contributed by atoms with Crippen LogP contribution in [0.3, 0.4) is 0 Å². The van der Waals surface area contributed by atoms with E-state index < -0.39 is 12.6 Å². The fraction of sp³-hybridized carbons (Fsp3) is 0.625. The third-order valence-corrected chi connectivity index (χ3v) is 3.42. The molecule has 0 aliphatic rings. The molecule has 0 saturated heterocycles. The van der Waals surface area contributed by atoms with E-state index in [1.54, 1.807) is 0 Å². The summed E-state index contributed by atoms with van der Waals surface area (Å²) >= 11 is 0. The smallest absolute Gasteiger partial charge is 0.314 e. The Morgan fingerprint density at radius 3 is 2.50 bits per heavy atom. The van der Waals surface area contributed by atoms with Gasteiger partial charge in [-0.3, -0.25) is 0 Å². The van der Waals surface area contributed by atoms with Gasteiger partial charge in [-0.2, -0.15) is 13.2 Å². The van der Waals surface area contributed by atoms with Crippen LogP contribution >= 0.6 is 0 Å². The monoisotopic (exact) mass is 287 g/mol. The summed E-state index contributed by atoms with van der Waals surface area (Å²) in [4.78, 5) is 0. The van der Waals surface area contributed by atoms with Crippen LogP contribution in [-0.2, 0) is 6.42 Å². The zero-order valence-electron chi connectivity index (χ0n) is 12.3. The van der Waals surface area contributed by atoms with Crippen molar-refractivity contribution in [1.82, 2.24) is 5.32 Å². The highest BCUT2D eigenvalue weighted by atomic mass is 19.4. The maximum Gasteiger partial charge on any atom is 0.389 e. The van der Waals surface area contributed by atoms with Crippen molar-refractivity contribution in [3.05, 3.63) is 35.4 Å². The Balaban J connectivity index is 2.53. The summed E-state index contributed by atoms with van der Waals surface area (Å²) in [6.07, 6.45) is -2.19. The lowest BCUT2D eigenvalue weighted by Crippen LogP contribution is -2.32. The van der Waals surface area contributed by atoms with Crippen molar-refractivity contribution in [1.29, 1.82) is 0 Å². The maximum atomic E-state index is 12.2. The van der Waals surface area contributed by atoms with E-state index in [0.717, 1.165) is 19.4 Å². The zero-order chi connectivity index (χ0) is 15.0. The lowest BCUT2D eigenvalue weighted by Gasteiger charge is -2.20. The van der Waals surface area contributed by atoms with Crippen molar-refractivity contribution >= 4 is 0 Å². The lowest BCUT2D eigenvalue weighted by molar-refractivity contribution is -0.135. The van der Waals surface area contributed by atoms with Gasteiger partial charge in [0.15, 0.2) is 0 Å². The van der Waals surface area contributed by atoms with Gasteiger partial charge in [-0.1, -0.05) is 31.2 Å². The Kier molecular flexibility index (Phi) is 7.06. The summed E-state index contributed by atoms with van der Waals surface area (Å²) in [6, 6.07) is 8.19. The topological polar surface area (TPSA) is 12.0 Å². The van der Waals surface area contributed by atoms with Gasteiger partial charge in [-0.15, -0.1) is 0 Å². The minimum absolute atomic E-state index is 0.124. The van der Waals surface area contributed by atoms with E-state index in [2.05, 4.69) is 18.3 Å². The number of benzene rings is 1. The van der Waals surface area contributed by atoms with Crippen LogP contribution in [0.25, 0.3) is 0 Å². The zero-order valence-corrected chi connectivity index (χ0v) is 12.3. The molecular weight excluding hydrogens is 263 g/mol. The molecule has 0 heterocycles. The van der Waals surface area contributed by atoms with Crippen LogP contribution in [0.2, 0.25) is 0 Å². The minimum Gasteiger partial charge on any atom is -0.314 e. The van der Waals surface area contributed by atoms with Crippen LogP contribution in [0.15, 0.2) is 24.3 Å². The number of hydrogen-bond donors (Lipinski definition) is 1. The third kappa shape index (κ3) is 6.94. The van der Waals surface area contributed by atoms with Crippen LogP contribution in [0.1, 0.15) is 43.7 Å². The molecule has 0 saturated carbocycles. The second-order valence-electron chi connectivity index (χ2n) is 5.29. The maximum absolute atomic E-state index is 12.2. The summed E-state index contributed by atoms with van der Waals surface area (Å²) in [5.41, 5.74) is 2.42. The fourth-order valence-corrected chi connectivity index (χ4v) is 2.28. The average Bonchev–Trinajstić information content (AvgIpc) is 2.36. The molecule has 0 radical (unpaired) electrons. The number of hydrogen-bond acceptors (Lipinski definition) is 1. The summed E-state index contributed by atoms with van der Waals surface area (Å²) < 4.78 is 36.7. The first-order valence-corrected chi connectivity index (χ1v) is 7.27. The van der Waals surface area contributed by atoms with E-state index >= 15 is 0 Å². The highest BCUT2D eigenvalue weighted by Crippen LogP contribution is 2.23. The van der Waals surface area contributed by atoms with Gasteiger partial charge in [0.2, 0.25) is 0 Å². The van der Waals surface area contributed by atoms with Crippen molar-refractivity contribution in [3.8, 4) is 0 Å². The molecule has 1 aromatic rings. The largest absolute Gasteiger partial charge is 0.389 e. The van der Waals surface area contributed by atoms with E-state index in [1.807, 2.05) is 25.1 Å². The second-order valence-corrected chi connectivity index (χ2v) is 5.29. The van der Waals surface area contributed by atoms with Gasteiger partial charge in [-0.05, 0) is 50.3 Å². The van der Waals surface area contributed by atoms with Gasteiger partial charge in [-0.25, -0.2) is 0 Å². The molecule has 0 aromatic heterocycles. The summed E-state index contributed by atoms with van der Waals surface area (Å²) in [7, 11) is 0. The second kappa shape index (κ2) is 8.30. The number of nitrogens with one attached hydrogen (secondary N) is 1. The standard InChI is InChI=1S/C16H24F3N/c1-3-11-20-15(9-6-10-16(17,18)19)12-14-8-5-4-7-13(14)2/h4-5,7-8,15,20H,3,6,9-12H2,1-2H3. The van der Waals surface area contributed by atoms with Crippen molar-refractivity contribution in [3.63, 3.8) is 0 Å². The van der Waals surface area contributed by atoms with E-state index in [0.29, 0.717) is 6.42 Å². The summed E-state index contributed by atoms with van der Waals surface area (Å²) in [6.45, 7) is 4.96. The van der Waals surface area contributed by atoms with Crippen molar-refractivity contribution in [2.45, 2.75) is 58.2 Å². The van der Waals surface area contributed by atoms with E-state index in [1.165, 1.54) is 11.1 Å². The SMILES string of the molecule is CCCNC(CCCC(F)(F)F)Cc1ccccc1C. The highest BCUT2D eigenvalue weighted by molar-refractivity contribution is 5.26. The molecular formula is C16H24F3N. The molecule has 1 nitrogen and oxygen atoms in total. The van der Waals surface area contributed by atoms with E-state index in [4.69, 9.17) is 0 Å². The van der Waals surface area contributed by atoms with Gasteiger partial charge in [0.05, 0.1) is 0 Å². The number of aryl methyl sites for hydroxylation is 1. The molecule has 1 rings (SSSR count). The first kappa shape index (κ1) is 17.0. The van der Waals surface area contributed by atoms with Crippen LogP contribution in [0.5, 0.6) is 0 Å². The van der Waals surface area contributed by atoms with Gasteiger partial charge >= 0.3 is 6.18 Å². The van der Waals surface area contributed by atoms with Gasteiger partial charge < -0.3 is 5.32 Å². The van der Waals surface area contributed by atoms with Gasteiger partial charge in [0, 0.05) is 12.5 Å². The Labute approximate surface area is 119 Å². The normalized spacial score (nSPS) is 13.4. The molecule has 1 unspecified atom stereocenters. The molecule has 0 aliphatic heterocycles. The average molecular weight is 287 g/mol. The lowest BCUT2D eigenvalue weighted by atomic mass is 9.97. The number of rotatable bonds is 8. The summed E-state index contributed by atoms with van der Waals surface area (Å²) in [5, 5.41) is 3.36. The van der Waals surface area contributed by atoms with Crippen LogP contribution < -0.4 is 5.32 Å². The minimum atomic E-state index is -4.04. The molecule has 20 heavy (non-hydrogen) atoms. The molecule has 4 heteroatoms. The Morgan fingerprint density at radius 1 is 1.20 bits per heavy atom. The molecule has 1 aromatic carbocycles. The van der Waals surface area contributed by atoms with Crippen molar-refractivity contribution in [2.75, 3.05) is 6.54 Å². The Bertz CT molecular complexity index is 388. The number of alkyl halides is 3. The van der Waals surface area contributed by atoms with E-state index in [9.17, 15) is 13.2 Å². The predicted octanol–water partition coefficient (Wildman–Crippen LogP) is 4.64. The van der Waals surface area contributed by atoms with Crippen LogP contribution in [0.4, 0.5) is 13.2 Å². The molecule has 0 spiro atoms. The fourth-order valence-electron chi connectivity index (χ4n) is 2.28. The summed E-state index contributed by atoms with van der Waals surface area (Å²) in [5.74, 6) is 0. The quantitative estimate of drug-likeness (QED) is 0.734. The predicted molar refractivity (Wildman–Crippen MR) is 76.9 cm³/mol. The van der Waals surface area contributed by atoms with Crippen molar-refractivity contribution < 1.29 is 13.2 Å². The van der Waals surface area contributed by atoms with Gasteiger partial charge in [0.25, 0.3) is 0 Å². The van der Waals surface area contributed by atoms with E-state index in [-0.39, 0.29) is 12.5 Å². The van der Waals surface area contributed by atoms with Gasteiger partial charge in [0.1, 0.15) is 0 Å². The van der Waals surface area contributed by atoms with Crippen molar-refractivity contribution in [2.24, 2.45) is 0 Å². The Morgan fingerprint density at radius 2 is 1.90 bits per heavy atom. The Hall–Kier alpha value is -1.03. The number of halogens is 3. The highest BCUT2D eigenvalue weighted by Gasteiger charge is 2.26. The molecule has 1 N–H and O–H groups in total. The van der Waals surface area contributed by atoms with Crippen LogP contribution in [-0.4, -0.2) is 18.8 Å². The first-order chi connectivity index (χ1) is 9.42. The molecule has 0 amide bonds.